The zero-order chi connectivity index (χ0) is 13.5. The molecule has 0 radical (unpaired) electrons. The molecular weight excluding hydrogens is 264 g/mol. The van der Waals surface area contributed by atoms with Gasteiger partial charge in [0.2, 0.25) is 0 Å². The summed E-state index contributed by atoms with van der Waals surface area (Å²) < 4.78 is 32.1. The van der Waals surface area contributed by atoms with E-state index in [0.717, 1.165) is 10.9 Å². The molecule has 1 fully saturated rings. The first-order chi connectivity index (χ1) is 9.03. The topological polar surface area (TPSA) is 71.1 Å². The van der Waals surface area contributed by atoms with Crippen LogP contribution in [0, 0.1) is 0 Å². The Bertz CT molecular complexity index is 724. The first-order valence-corrected chi connectivity index (χ1v) is 7.88. The maximum Gasteiger partial charge on any atom is 0.271 e. The lowest BCUT2D eigenvalue weighted by molar-refractivity contribution is -0.748. The predicted octanol–water partition coefficient (Wildman–Crippen LogP) is 1.29. The van der Waals surface area contributed by atoms with Gasteiger partial charge >= 0.3 is 0 Å². The van der Waals surface area contributed by atoms with Crippen LogP contribution in [0.1, 0.15) is 24.3 Å². The molecule has 1 aliphatic carbocycles. The van der Waals surface area contributed by atoms with Crippen LogP contribution in [-0.2, 0) is 16.7 Å². The van der Waals surface area contributed by atoms with Gasteiger partial charge in [-0.05, 0) is 24.8 Å². The van der Waals surface area contributed by atoms with Crippen molar-refractivity contribution in [3.05, 3.63) is 36.0 Å². The van der Waals surface area contributed by atoms with Gasteiger partial charge in [-0.2, -0.15) is 8.42 Å². The van der Waals surface area contributed by atoms with Gasteiger partial charge in [0.25, 0.3) is 10.1 Å². The average Bonchev–Trinajstić information content (AvgIpc) is 3.19. The van der Waals surface area contributed by atoms with Crippen LogP contribution in [0.4, 0.5) is 0 Å². The molecule has 1 aliphatic rings. The van der Waals surface area contributed by atoms with E-state index >= 15 is 0 Å². The molecule has 0 aliphatic heterocycles. The van der Waals surface area contributed by atoms with E-state index in [1.54, 1.807) is 4.68 Å². The lowest BCUT2D eigenvalue weighted by Crippen LogP contribution is -2.41. The molecule has 0 atom stereocenters. The Balaban J connectivity index is 2.01. The molecule has 0 unspecified atom stereocenters. The van der Waals surface area contributed by atoms with Crippen molar-refractivity contribution in [3.63, 3.8) is 0 Å². The molecule has 0 amide bonds. The maximum atomic E-state index is 10.8. The van der Waals surface area contributed by atoms with Crippen molar-refractivity contribution in [2.45, 2.75) is 25.3 Å². The van der Waals surface area contributed by atoms with Gasteiger partial charge in [-0.3, -0.25) is 4.55 Å². The summed E-state index contributed by atoms with van der Waals surface area (Å²) >= 11 is 0. The summed E-state index contributed by atoms with van der Waals surface area (Å²) in [5.74, 6) is 0.248. The summed E-state index contributed by atoms with van der Waals surface area (Å²) in [6.07, 6.45) is 4.25. The second-order valence-corrected chi connectivity index (χ2v) is 6.50. The van der Waals surface area contributed by atoms with Crippen LogP contribution in [0.5, 0.6) is 0 Å². The van der Waals surface area contributed by atoms with Gasteiger partial charge in [-0.15, -0.1) is 0 Å². The van der Waals surface area contributed by atoms with E-state index in [1.165, 1.54) is 18.4 Å². The highest BCUT2D eigenvalue weighted by atomic mass is 32.2. The molecule has 6 heteroatoms. The SMILES string of the molecule is O=S(=O)(O)CC[n+]1cc(C2CC2)c2ccccc2n1. The molecule has 3 rings (SSSR count). The van der Waals surface area contributed by atoms with Gasteiger partial charge in [0, 0.05) is 16.0 Å². The molecule has 1 N–H and O–H groups in total. The van der Waals surface area contributed by atoms with Crippen molar-refractivity contribution in [3.8, 4) is 0 Å². The fourth-order valence-electron chi connectivity index (χ4n) is 2.25. The van der Waals surface area contributed by atoms with Crippen LogP contribution in [0.2, 0.25) is 0 Å². The Kier molecular flexibility index (Phi) is 2.99. The second kappa shape index (κ2) is 4.54. The van der Waals surface area contributed by atoms with Crippen LogP contribution in [-0.4, -0.2) is 23.8 Å². The minimum atomic E-state index is -3.95. The number of aromatic nitrogens is 2. The van der Waals surface area contributed by atoms with E-state index < -0.39 is 10.1 Å². The number of nitrogens with zero attached hydrogens (tertiary/aromatic N) is 2. The summed E-state index contributed by atoms with van der Waals surface area (Å²) in [5, 5.41) is 5.52. The minimum Gasteiger partial charge on any atom is -0.285 e. The highest BCUT2D eigenvalue weighted by Gasteiger charge is 2.29. The zero-order valence-corrected chi connectivity index (χ0v) is 11.2. The van der Waals surface area contributed by atoms with E-state index in [1.807, 2.05) is 30.5 Å². The number of fused-ring (bicyclic) bond motifs is 1. The van der Waals surface area contributed by atoms with Gasteiger partial charge in [-0.1, -0.05) is 22.9 Å². The fraction of sp³-hybridized carbons (Fsp3) is 0.385. The average molecular weight is 279 g/mol. The third-order valence-electron chi connectivity index (χ3n) is 3.33. The third-order valence-corrected chi connectivity index (χ3v) is 4.03. The molecule has 19 heavy (non-hydrogen) atoms. The van der Waals surface area contributed by atoms with Gasteiger partial charge in [0.1, 0.15) is 11.3 Å². The van der Waals surface area contributed by atoms with Crippen molar-refractivity contribution in [2.75, 3.05) is 5.75 Å². The van der Waals surface area contributed by atoms with Crippen LogP contribution in [0.25, 0.3) is 10.9 Å². The summed E-state index contributed by atoms with van der Waals surface area (Å²) in [7, 11) is -3.95. The van der Waals surface area contributed by atoms with E-state index in [0.29, 0.717) is 5.92 Å². The van der Waals surface area contributed by atoms with E-state index in [4.69, 9.17) is 4.55 Å². The number of benzene rings is 1. The van der Waals surface area contributed by atoms with Gasteiger partial charge in [0.15, 0.2) is 12.7 Å². The Morgan fingerprint density at radius 3 is 2.74 bits per heavy atom. The van der Waals surface area contributed by atoms with E-state index in [-0.39, 0.29) is 12.3 Å². The maximum absolute atomic E-state index is 10.8. The molecule has 0 saturated heterocycles. The molecule has 5 nitrogen and oxygen atoms in total. The summed E-state index contributed by atoms with van der Waals surface area (Å²) in [6, 6.07) is 7.87. The first kappa shape index (κ1) is 12.5. The smallest absolute Gasteiger partial charge is 0.271 e. The fourth-order valence-corrected chi connectivity index (χ4v) is 2.66. The Morgan fingerprint density at radius 1 is 1.32 bits per heavy atom. The van der Waals surface area contributed by atoms with E-state index in [2.05, 4.69) is 5.10 Å². The summed E-state index contributed by atoms with van der Waals surface area (Å²) in [4.78, 5) is 0. The molecule has 1 aromatic carbocycles. The van der Waals surface area contributed by atoms with Gasteiger partial charge < -0.3 is 0 Å². The lowest BCUT2D eigenvalue weighted by atomic mass is 10.1. The zero-order valence-electron chi connectivity index (χ0n) is 10.4. The number of hydrogen-bond acceptors (Lipinski definition) is 3. The monoisotopic (exact) mass is 279 g/mol. The van der Waals surface area contributed by atoms with Crippen molar-refractivity contribution in [2.24, 2.45) is 0 Å². The highest BCUT2D eigenvalue weighted by Crippen LogP contribution is 2.42. The molecule has 100 valence electrons. The molecule has 1 aromatic heterocycles. The lowest BCUT2D eigenvalue weighted by Gasteiger charge is -2.03. The first-order valence-electron chi connectivity index (χ1n) is 6.27. The molecule has 1 heterocycles. The Morgan fingerprint density at radius 2 is 2.05 bits per heavy atom. The van der Waals surface area contributed by atoms with Crippen LogP contribution in [0.3, 0.4) is 0 Å². The molecule has 0 bridgehead atoms. The van der Waals surface area contributed by atoms with Crippen molar-refractivity contribution < 1.29 is 17.7 Å². The van der Waals surface area contributed by atoms with Crippen LogP contribution >= 0.6 is 0 Å². The van der Waals surface area contributed by atoms with E-state index in [9.17, 15) is 8.42 Å². The predicted molar refractivity (Wildman–Crippen MR) is 70.3 cm³/mol. The molecule has 0 spiro atoms. The van der Waals surface area contributed by atoms with Crippen LogP contribution in [0.15, 0.2) is 30.5 Å². The third kappa shape index (κ3) is 2.90. The minimum absolute atomic E-state index is 0.170. The normalized spacial score (nSPS) is 15.8. The van der Waals surface area contributed by atoms with Crippen molar-refractivity contribution in [1.29, 1.82) is 0 Å². The number of rotatable bonds is 4. The summed E-state index contributed by atoms with van der Waals surface area (Å²) in [5.41, 5.74) is 2.09. The second-order valence-electron chi connectivity index (χ2n) is 4.92. The Hall–Kier alpha value is -1.53. The number of aryl methyl sites for hydroxylation is 1. The van der Waals surface area contributed by atoms with Crippen molar-refractivity contribution in [1.82, 2.24) is 5.10 Å². The summed E-state index contributed by atoms with van der Waals surface area (Å²) in [6.45, 7) is 0.170. The van der Waals surface area contributed by atoms with Gasteiger partial charge in [-0.25, -0.2) is 0 Å². The quantitative estimate of drug-likeness (QED) is 0.676. The standard InChI is InChI=1S/C13H14N2O3S/c16-19(17,18)8-7-15-9-12(10-5-6-10)11-3-1-2-4-13(11)14-15/h1-4,9-10H,5-8H2/p+1. The molecule has 2 aromatic rings. The number of hydrogen-bond donors (Lipinski definition) is 1. The Labute approximate surface area is 111 Å². The molecule has 1 saturated carbocycles. The largest absolute Gasteiger partial charge is 0.285 e. The highest BCUT2D eigenvalue weighted by molar-refractivity contribution is 7.85. The molecular formula is C13H15N2O3S+. The van der Waals surface area contributed by atoms with Gasteiger partial charge in [0.05, 0.1) is 0 Å². The van der Waals surface area contributed by atoms with Crippen LogP contribution < -0.4 is 4.68 Å². The van der Waals surface area contributed by atoms with Crippen molar-refractivity contribution >= 4 is 21.0 Å².